The van der Waals surface area contributed by atoms with Gasteiger partial charge in [0.05, 0.1) is 24.0 Å². The Bertz CT molecular complexity index is 1630. The third-order valence-electron chi connectivity index (χ3n) is 7.21. The van der Waals surface area contributed by atoms with E-state index in [1.54, 1.807) is 6.08 Å². The van der Waals surface area contributed by atoms with Crippen molar-refractivity contribution in [2.45, 2.75) is 52.4 Å². The van der Waals surface area contributed by atoms with Gasteiger partial charge in [-0.1, -0.05) is 84.0 Å². The van der Waals surface area contributed by atoms with Crippen LogP contribution < -0.4 is 4.90 Å². The highest BCUT2D eigenvalue weighted by Crippen LogP contribution is 2.52. The molecule has 0 atom stereocenters. The normalized spacial score (nSPS) is 13.2. The summed E-state index contributed by atoms with van der Waals surface area (Å²) < 4.78 is 0. The monoisotopic (exact) mass is 481 g/mol. The highest BCUT2D eigenvalue weighted by Gasteiger charge is 2.28. The second-order valence-corrected chi connectivity index (χ2v) is 11.8. The molecule has 0 N–H and O–H groups in total. The van der Waals surface area contributed by atoms with E-state index in [-0.39, 0.29) is 16.5 Å². The molecule has 4 aromatic carbocycles. The highest BCUT2D eigenvalue weighted by atomic mass is 15.2. The molecule has 37 heavy (non-hydrogen) atoms. The predicted octanol–water partition coefficient (Wildman–Crippen LogP) is 9.67. The number of anilines is 3. The summed E-state index contributed by atoms with van der Waals surface area (Å²) in [5, 5.41) is 11.6. The number of hydrogen-bond acceptors (Lipinski definition) is 2. The van der Waals surface area contributed by atoms with Crippen molar-refractivity contribution in [3.8, 4) is 17.2 Å². The minimum absolute atomic E-state index is 0.0182. The number of nitrogens with zero attached hydrogens (tertiary/aromatic N) is 3. The number of allylic oxidation sites excluding steroid dienone is 1. The van der Waals surface area contributed by atoms with Crippen molar-refractivity contribution in [2.75, 3.05) is 4.90 Å². The number of nitriles is 1. The molecule has 1 heterocycles. The lowest BCUT2D eigenvalue weighted by Crippen LogP contribution is -2.18. The van der Waals surface area contributed by atoms with E-state index < -0.39 is 0 Å². The van der Waals surface area contributed by atoms with E-state index in [4.69, 9.17) is 6.57 Å². The first-order valence-electron chi connectivity index (χ1n) is 12.6. The van der Waals surface area contributed by atoms with E-state index in [1.165, 1.54) is 22.3 Å². The first kappa shape index (κ1) is 24.4. The highest BCUT2D eigenvalue weighted by molar-refractivity contribution is 6.15. The smallest absolute Gasteiger partial charge is 0.262 e. The summed E-state index contributed by atoms with van der Waals surface area (Å²) in [5.74, 6) is 0. The molecule has 1 aliphatic rings. The van der Waals surface area contributed by atoms with Gasteiger partial charge in [-0.15, -0.1) is 0 Å². The van der Waals surface area contributed by atoms with Gasteiger partial charge in [0.15, 0.2) is 0 Å². The van der Waals surface area contributed by atoms with Crippen LogP contribution in [0.25, 0.3) is 32.8 Å². The van der Waals surface area contributed by atoms with Crippen LogP contribution in [0, 0.1) is 17.9 Å². The molecule has 3 nitrogen and oxygen atoms in total. The Kier molecular flexibility index (Phi) is 5.69. The quantitative estimate of drug-likeness (QED) is 0.186. The standard InChI is InChI=1S/C34H31N3/c1-33(2,3)23-12-15-26(16-13-23)37-30-18-14-24(34(4,5)6)20-29(30)28-10-8-9-27-22(19-25(21-35)36-7)11-17-31(37)32(27)28/h8-20H,1-6H3/b25-19-. The number of fused-ring (bicyclic) bond motifs is 2. The Labute approximate surface area is 220 Å². The predicted molar refractivity (Wildman–Crippen MR) is 155 cm³/mol. The van der Waals surface area contributed by atoms with Gasteiger partial charge in [0.25, 0.3) is 5.70 Å². The van der Waals surface area contributed by atoms with Gasteiger partial charge >= 0.3 is 0 Å². The molecule has 0 saturated carbocycles. The van der Waals surface area contributed by atoms with Crippen molar-refractivity contribution in [3.63, 3.8) is 0 Å². The van der Waals surface area contributed by atoms with Gasteiger partial charge in [0.1, 0.15) is 0 Å². The maximum Gasteiger partial charge on any atom is 0.262 e. The van der Waals surface area contributed by atoms with E-state index in [0.29, 0.717) is 0 Å². The molecule has 0 saturated heterocycles. The van der Waals surface area contributed by atoms with Gasteiger partial charge in [-0.2, -0.15) is 0 Å². The molecule has 0 bridgehead atoms. The molecule has 3 heteroatoms. The lowest BCUT2D eigenvalue weighted by atomic mass is 9.82. The molecule has 5 rings (SSSR count). The summed E-state index contributed by atoms with van der Waals surface area (Å²) >= 11 is 0. The fourth-order valence-electron chi connectivity index (χ4n) is 5.12. The molecular weight excluding hydrogens is 450 g/mol. The molecule has 0 radical (unpaired) electrons. The molecule has 0 aromatic heterocycles. The van der Waals surface area contributed by atoms with Gasteiger partial charge in [-0.25, -0.2) is 10.1 Å². The summed E-state index contributed by atoms with van der Waals surface area (Å²) in [4.78, 5) is 5.74. The number of hydrogen-bond donors (Lipinski definition) is 0. The van der Waals surface area contributed by atoms with Crippen molar-refractivity contribution >= 4 is 33.9 Å². The Hall–Kier alpha value is -4.34. The number of rotatable bonds is 2. The van der Waals surface area contributed by atoms with Gasteiger partial charge in [0, 0.05) is 16.6 Å². The molecular formula is C34H31N3. The Morgan fingerprint density at radius 3 is 2.08 bits per heavy atom. The van der Waals surface area contributed by atoms with Crippen molar-refractivity contribution in [3.05, 3.63) is 107 Å². The number of benzene rings is 4. The van der Waals surface area contributed by atoms with Crippen LogP contribution in [-0.4, -0.2) is 0 Å². The van der Waals surface area contributed by atoms with Gasteiger partial charge in [-0.3, -0.25) is 0 Å². The van der Waals surface area contributed by atoms with Gasteiger partial charge < -0.3 is 4.90 Å². The average molecular weight is 482 g/mol. The molecule has 1 aliphatic heterocycles. The van der Waals surface area contributed by atoms with Crippen LogP contribution in [0.2, 0.25) is 0 Å². The maximum absolute atomic E-state index is 9.39. The lowest BCUT2D eigenvalue weighted by Gasteiger charge is -2.35. The molecule has 0 unspecified atom stereocenters. The largest absolute Gasteiger partial charge is 0.309 e. The zero-order chi connectivity index (χ0) is 26.5. The minimum atomic E-state index is 0.0182. The summed E-state index contributed by atoms with van der Waals surface area (Å²) in [6.07, 6.45) is 1.69. The summed E-state index contributed by atoms with van der Waals surface area (Å²) in [7, 11) is 0. The zero-order valence-electron chi connectivity index (χ0n) is 22.3. The lowest BCUT2D eigenvalue weighted by molar-refractivity contribution is 0.590. The van der Waals surface area contributed by atoms with Gasteiger partial charge in [-0.05, 0) is 74.9 Å². The summed E-state index contributed by atoms with van der Waals surface area (Å²) in [6, 6.07) is 28.2. The Balaban J connectivity index is 1.84. The topological polar surface area (TPSA) is 31.4 Å². The van der Waals surface area contributed by atoms with Crippen LogP contribution in [0.5, 0.6) is 0 Å². The Morgan fingerprint density at radius 2 is 1.46 bits per heavy atom. The van der Waals surface area contributed by atoms with E-state index in [0.717, 1.165) is 33.4 Å². The van der Waals surface area contributed by atoms with E-state index >= 15 is 0 Å². The third kappa shape index (κ3) is 4.18. The maximum atomic E-state index is 9.39. The first-order valence-corrected chi connectivity index (χ1v) is 12.6. The fourth-order valence-corrected chi connectivity index (χ4v) is 5.12. The van der Waals surface area contributed by atoms with E-state index in [1.807, 2.05) is 12.1 Å². The molecule has 0 aliphatic carbocycles. The van der Waals surface area contributed by atoms with Crippen molar-refractivity contribution < 1.29 is 0 Å². The van der Waals surface area contributed by atoms with Crippen LogP contribution in [0.15, 0.2) is 78.5 Å². The molecule has 0 amide bonds. The van der Waals surface area contributed by atoms with Crippen LogP contribution in [0.3, 0.4) is 0 Å². The van der Waals surface area contributed by atoms with Gasteiger partial charge in [0.2, 0.25) is 0 Å². The van der Waals surface area contributed by atoms with E-state index in [2.05, 4.69) is 118 Å². The SMILES string of the molecule is [C-]#[N+]/C(C#N)=C\c1ccc2c3c(cccc13)-c1cc(C(C)(C)C)ccc1N2c1ccc(C(C)(C)C)cc1. The van der Waals surface area contributed by atoms with Crippen molar-refractivity contribution in [1.29, 1.82) is 5.26 Å². The molecule has 4 aromatic rings. The Morgan fingerprint density at radius 1 is 0.811 bits per heavy atom. The van der Waals surface area contributed by atoms with Crippen molar-refractivity contribution in [1.82, 2.24) is 0 Å². The second kappa shape index (κ2) is 8.65. The summed E-state index contributed by atoms with van der Waals surface area (Å²) in [6.45, 7) is 20.8. The average Bonchev–Trinajstić information content (AvgIpc) is 2.87. The van der Waals surface area contributed by atoms with E-state index in [9.17, 15) is 5.26 Å². The van der Waals surface area contributed by atoms with Crippen LogP contribution in [0.4, 0.5) is 17.1 Å². The van der Waals surface area contributed by atoms with Crippen LogP contribution >= 0.6 is 0 Å². The zero-order valence-corrected chi connectivity index (χ0v) is 22.3. The molecule has 0 fully saturated rings. The van der Waals surface area contributed by atoms with Crippen LogP contribution in [-0.2, 0) is 10.8 Å². The van der Waals surface area contributed by atoms with Crippen LogP contribution in [0.1, 0.15) is 58.2 Å². The van der Waals surface area contributed by atoms with Crippen molar-refractivity contribution in [2.24, 2.45) is 0 Å². The molecule has 0 spiro atoms. The third-order valence-corrected chi connectivity index (χ3v) is 7.21. The summed E-state index contributed by atoms with van der Waals surface area (Å²) in [5.41, 5.74) is 9.37. The minimum Gasteiger partial charge on any atom is -0.309 e. The second-order valence-electron chi connectivity index (χ2n) is 11.8. The molecule has 182 valence electrons. The fraction of sp³-hybridized carbons (Fsp3) is 0.235. The first-order chi connectivity index (χ1) is 17.5.